The van der Waals surface area contributed by atoms with Crippen molar-refractivity contribution in [2.75, 3.05) is 20.2 Å². The number of aryl methyl sites for hydroxylation is 3. The summed E-state index contributed by atoms with van der Waals surface area (Å²) in [5.74, 6) is 1.64. The number of aromatic nitrogens is 1. The van der Waals surface area contributed by atoms with E-state index in [0.29, 0.717) is 19.7 Å². The van der Waals surface area contributed by atoms with Gasteiger partial charge in [-0.05, 0) is 32.9 Å². The van der Waals surface area contributed by atoms with Gasteiger partial charge in [-0.15, -0.1) is 35.3 Å². The lowest BCUT2D eigenvalue weighted by Crippen LogP contribution is -2.38. The Labute approximate surface area is 165 Å². The molecule has 0 amide bonds. The van der Waals surface area contributed by atoms with E-state index in [4.69, 9.17) is 4.74 Å². The van der Waals surface area contributed by atoms with Crippen LogP contribution >= 0.6 is 35.3 Å². The van der Waals surface area contributed by atoms with Gasteiger partial charge in [0.25, 0.3) is 0 Å². The molecule has 1 aromatic carbocycles. The third kappa shape index (κ3) is 6.64. The Morgan fingerprint density at radius 1 is 1.17 bits per heavy atom. The molecule has 0 aliphatic carbocycles. The van der Waals surface area contributed by atoms with Crippen molar-refractivity contribution in [1.82, 2.24) is 15.6 Å². The fraction of sp³-hybridized carbons (Fsp3) is 0.412. The van der Waals surface area contributed by atoms with Crippen LogP contribution in [0.1, 0.15) is 21.1 Å². The van der Waals surface area contributed by atoms with E-state index in [1.165, 1.54) is 10.4 Å². The Hall–Kier alpha value is -1.35. The first kappa shape index (κ1) is 20.7. The van der Waals surface area contributed by atoms with Crippen LogP contribution in [0, 0.1) is 20.8 Å². The Morgan fingerprint density at radius 2 is 1.88 bits per heavy atom. The lowest BCUT2D eigenvalue weighted by molar-refractivity contribution is 0.322. The molecule has 0 aliphatic rings. The van der Waals surface area contributed by atoms with Crippen molar-refractivity contribution in [1.29, 1.82) is 0 Å². The maximum Gasteiger partial charge on any atom is 0.191 e. The van der Waals surface area contributed by atoms with E-state index in [2.05, 4.69) is 34.5 Å². The van der Waals surface area contributed by atoms with Gasteiger partial charge in [0.2, 0.25) is 0 Å². The highest BCUT2D eigenvalue weighted by Gasteiger charge is 2.04. The highest BCUT2D eigenvalue weighted by Crippen LogP contribution is 2.15. The molecule has 24 heavy (non-hydrogen) atoms. The van der Waals surface area contributed by atoms with Crippen LogP contribution in [-0.4, -0.2) is 31.1 Å². The van der Waals surface area contributed by atoms with E-state index in [0.717, 1.165) is 22.4 Å². The summed E-state index contributed by atoms with van der Waals surface area (Å²) in [4.78, 5) is 9.97. The van der Waals surface area contributed by atoms with Gasteiger partial charge < -0.3 is 15.4 Å². The van der Waals surface area contributed by atoms with Gasteiger partial charge in [0.1, 0.15) is 17.4 Å². The smallest absolute Gasteiger partial charge is 0.191 e. The van der Waals surface area contributed by atoms with Crippen LogP contribution in [-0.2, 0) is 6.54 Å². The minimum absolute atomic E-state index is 0. The molecule has 7 heteroatoms. The second-order valence-corrected chi connectivity index (χ2v) is 6.55. The molecule has 0 aliphatic heterocycles. The number of ether oxygens (including phenoxy) is 1. The summed E-state index contributed by atoms with van der Waals surface area (Å²) < 4.78 is 5.68. The molecule has 2 rings (SSSR count). The largest absolute Gasteiger partial charge is 0.492 e. The molecular weight excluding hydrogens is 435 g/mol. The molecule has 0 bridgehead atoms. The summed E-state index contributed by atoms with van der Waals surface area (Å²) in [5.41, 5.74) is 2.33. The zero-order valence-electron chi connectivity index (χ0n) is 14.5. The Bertz CT molecular complexity index is 636. The van der Waals surface area contributed by atoms with Crippen molar-refractivity contribution in [2.24, 2.45) is 4.99 Å². The van der Waals surface area contributed by atoms with Gasteiger partial charge in [0.05, 0.1) is 18.8 Å². The first-order valence-corrected chi connectivity index (χ1v) is 8.47. The predicted octanol–water partition coefficient (Wildman–Crippen LogP) is 3.43. The molecule has 0 saturated heterocycles. The van der Waals surface area contributed by atoms with E-state index in [1.54, 1.807) is 18.4 Å². The predicted molar refractivity (Wildman–Crippen MR) is 112 cm³/mol. The number of hydrogen-bond acceptors (Lipinski definition) is 4. The third-order valence-electron chi connectivity index (χ3n) is 3.39. The average molecular weight is 460 g/mol. The molecule has 132 valence electrons. The van der Waals surface area contributed by atoms with Gasteiger partial charge in [-0.2, -0.15) is 0 Å². The third-order valence-corrected chi connectivity index (χ3v) is 4.46. The SMILES string of the molecule is CN=C(NCCOc1ccc(C)cc1)NCc1nc(C)c(C)s1.I. The van der Waals surface area contributed by atoms with Crippen molar-refractivity contribution in [2.45, 2.75) is 27.3 Å². The summed E-state index contributed by atoms with van der Waals surface area (Å²) in [7, 11) is 1.76. The first-order chi connectivity index (χ1) is 11.1. The van der Waals surface area contributed by atoms with Crippen molar-refractivity contribution in [3.05, 3.63) is 45.4 Å². The minimum atomic E-state index is 0. The molecule has 5 nitrogen and oxygen atoms in total. The van der Waals surface area contributed by atoms with Crippen LogP contribution in [0.5, 0.6) is 5.75 Å². The van der Waals surface area contributed by atoms with Gasteiger partial charge in [-0.3, -0.25) is 4.99 Å². The molecule has 0 atom stereocenters. The molecule has 0 saturated carbocycles. The summed E-state index contributed by atoms with van der Waals surface area (Å²) in [5, 5.41) is 7.57. The summed E-state index contributed by atoms with van der Waals surface area (Å²) in [6, 6.07) is 8.05. The molecule has 0 radical (unpaired) electrons. The second-order valence-electron chi connectivity index (χ2n) is 5.26. The number of aliphatic imine (C=N–C) groups is 1. The number of rotatable bonds is 6. The van der Waals surface area contributed by atoms with Gasteiger partial charge in [-0.25, -0.2) is 4.98 Å². The molecular formula is C17H25IN4OS. The van der Waals surface area contributed by atoms with Crippen LogP contribution in [0.15, 0.2) is 29.3 Å². The molecule has 0 unspecified atom stereocenters. The highest BCUT2D eigenvalue weighted by atomic mass is 127. The molecule has 2 N–H and O–H groups in total. The first-order valence-electron chi connectivity index (χ1n) is 7.65. The zero-order chi connectivity index (χ0) is 16.7. The number of hydrogen-bond donors (Lipinski definition) is 2. The summed E-state index contributed by atoms with van der Waals surface area (Å²) >= 11 is 1.71. The Kier molecular flexibility index (Phi) is 9.05. The van der Waals surface area contributed by atoms with E-state index in [-0.39, 0.29) is 24.0 Å². The van der Waals surface area contributed by atoms with Crippen LogP contribution < -0.4 is 15.4 Å². The maximum atomic E-state index is 5.68. The van der Waals surface area contributed by atoms with Gasteiger partial charge in [0, 0.05) is 11.9 Å². The van der Waals surface area contributed by atoms with Gasteiger partial charge in [0.15, 0.2) is 5.96 Å². The standard InChI is InChI=1S/C17H24N4OS.HI/c1-12-5-7-15(8-6-12)22-10-9-19-17(18-4)20-11-16-21-13(2)14(3)23-16;/h5-8H,9-11H2,1-4H3,(H2,18,19,20);1H. The lowest BCUT2D eigenvalue weighted by atomic mass is 10.2. The Balaban J connectivity index is 0.00000288. The molecule has 0 fully saturated rings. The minimum Gasteiger partial charge on any atom is -0.492 e. The fourth-order valence-corrected chi connectivity index (χ4v) is 2.84. The van der Waals surface area contributed by atoms with Crippen LogP contribution in [0.4, 0.5) is 0 Å². The van der Waals surface area contributed by atoms with Crippen LogP contribution in [0.3, 0.4) is 0 Å². The molecule has 1 aromatic heterocycles. The normalized spacial score (nSPS) is 10.9. The zero-order valence-corrected chi connectivity index (χ0v) is 17.7. The van der Waals surface area contributed by atoms with Gasteiger partial charge >= 0.3 is 0 Å². The quantitative estimate of drug-likeness (QED) is 0.300. The number of thiazole rings is 1. The molecule has 2 aromatic rings. The number of nitrogens with one attached hydrogen (secondary N) is 2. The average Bonchev–Trinajstić information content (AvgIpc) is 2.87. The number of benzene rings is 1. The van der Waals surface area contributed by atoms with Crippen molar-refractivity contribution in [3.8, 4) is 5.75 Å². The number of nitrogens with zero attached hydrogens (tertiary/aromatic N) is 2. The summed E-state index contributed by atoms with van der Waals surface area (Å²) in [6.45, 7) is 8.13. The van der Waals surface area contributed by atoms with Crippen LogP contribution in [0.2, 0.25) is 0 Å². The fourth-order valence-electron chi connectivity index (χ4n) is 1.97. The number of guanidine groups is 1. The maximum absolute atomic E-state index is 5.68. The van der Waals surface area contributed by atoms with E-state index < -0.39 is 0 Å². The van der Waals surface area contributed by atoms with Crippen molar-refractivity contribution in [3.63, 3.8) is 0 Å². The van der Waals surface area contributed by atoms with Crippen molar-refractivity contribution < 1.29 is 4.74 Å². The molecule has 1 heterocycles. The summed E-state index contributed by atoms with van der Waals surface area (Å²) in [6.07, 6.45) is 0. The topological polar surface area (TPSA) is 58.5 Å². The lowest BCUT2D eigenvalue weighted by Gasteiger charge is -2.11. The second kappa shape index (κ2) is 10.5. The van der Waals surface area contributed by atoms with Gasteiger partial charge in [-0.1, -0.05) is 17.7 Å². The van der Waals surface area contributed by atoms with E-state index in [9.17, 15) is 0 Å². The molecule has 0 spiro atoms. The Morgan fingerprint density at radius 3 is 2.46 bits per heavy atom. The van der Waals surface area contributed by atoms with Crippen molar-refractivity contribution >= 4 is 41.3 Å². The van der Waals surface area contributed by atoms with E-state index >= 15 is 0 Å². The monoisotopic (exact) mass is 460 g/mol. The highest BCUT2D eigenvalue weighted by molar-refractivity contribution is 14.0. The van der Waals surface area contributed by atoms with E-state index in [1.807, 2.05) is 31.2 Å². The van der Waals surface area contributed by atoms with Crippen LogP contribution in [0.25, 0.3) is 0 Å². The number of halogens is 1.